The normalized spacial score (nSPS) is 16.5. The first-order valence-corrected chi connectivity index (χ1v) is 8.16. The van der Waals surface area contributed by atoms with Gasteiger partial charge in [0.1, 0.15) is 0 Å². The zero-order valence-electron chi connectivity index (χ0n) is 13.9. The Labute approximate surface area is 141 Å². The fraction of sp³-hybridized carbons (Fsp3) is 0.389. The highest BCUT2D eigenvalue weighted by Crippen LogP contribution is 2.21. The lowest BCUT2D eigenvalue weighted by Gasteiger charge is -2.15. The standard InChI is InChI=1S/C18H23N3O3/c1-3-10-19-18(24)14-7-5-6-8-15(14)20-17(23)13-9-11-21(12-13)16(22)4-2/h4-8,13H,2-3,9-12H2,1H3,(H,19,24)(H,20,23). The van der Waals surface area contributed by atoms with Crippen molar-refractivity contribution in [2.45, 2.75) is 19.8 Å². The minimum atomic E-state index is -0.277. The molecule has 0 spiro atoms. The molecule has 1 unspecified atom stereocenters. The number of hydrogen-bond acceptors (Lipinski definition) is 3. The van der Waals surface area contributed by atoms with Crippen molar-refractivity contribution in [2.75, 3.05) is 25.0 Å². The van der Waals surface area contributed by atoms with E-state index in [1.807, 2.05) is 6.92 Å². The van der Waals surface area contributed by atoms with Gasteiger partial charge in [-0.05, 0) is 31.1 Å². The molecule has 1 aromatic carbocycles. The maximum atomic E-state index is 12.5. The number of benzene rings is 1. The van der Waals surface area contributed by atoms with Gasteiger partial charge < -0.3 is 15.5 Å². The largest absolute Gasteiger partial charge is 0.352 e. The summed E-state index contributed by atoms with van der Waals surface area (Å²) >= 11 is 0. The van der Waals surface area contributed by atoms with E-state index in [2.05, 4.69) is 17.2 Å². The summed E-state index contributed by atoms with van der Waals surface area (Å²) in [6.07, 6.45) is 2.71. The Morgan fingerprint density at radius 3 is 2.79 bits per heavy atom. The molecular formula is C18H23N3O3. The molecule has 1 aliphatic heterocycles. The summed E-state index contributed by atoms with van der Waals surface area (Å²) in [4.78, 5) is 37.9. The van der Waals surface area contributed by atoms with Crippen molar-refractivity contribution in [3.8, 4) is 0 Å². The highest BCUT2D eigenvalue weighted by molar-refractivity contribution is 6.04. The van der Waals surface area contributed by atoms with E-state index < -0.39 is 0 Å². The van der Waals surface area contributed by atoms with Crippen molar-refractivity contribution < 1.29 is 14.4 Å². The third kappa shape index (κ3) is 4.22. The lowest BCUT2D eigenvalue weighted by atomic mass is 10.1. The maximum Gasteiger partial charge on any atom is 0.253 e. The predicted octanol–water partition coefficient (Wildman–Crippen LogP) is 1.80. The topological polar surface area (TPSA) is 78.5 Å². The molecule has 1 aromatic rings. The molecule has 2 N–H and O–H groups in total. The van der Waals surface area contributed by atoms with Crippen LogP contribution in [0.25, 0.3) is 0 Å². The van der Waals surface area contributed by atoms with Gasteiger partial charge in [0.25, 0.3) is 5.91 Å². The van der Waals surface area contributed by atoms with Crippen molar-refractivity contribution in [1.29, 1.82) is 0 Å². The molecule has 0 aromatic heterocycles. The fourth-order valence-corrected chi connectivity index (χ4v) is 2.66. The van der Waals surface area contributed by atoms with E-state index in [-0.39, 0.29) is 23.6 Å². The van der Waals surface area contributed by atoms with Gasteiger partial charge in [-0.25, -0.2) is 0 Å². The summed E-state index contributed by atoms with van der Waals surface area (Å²) in [5, 5.41) is 5.63. The second-order valence-electron chi connectivity index (χ2n) is 5.76. The Hall–Kier alpha value is -2.63. The fourth-order valence-electron chi connectivity index (χ4n) is 2.66. The van der Waals surface area contributed by atoms with Gasteiger partial charge in [-0.3, -0.25) is 14.4 Å². The van der Waals surface area contributed by atoms with Gasteiger partial charge >= 0.3 is 0 Å². The Morgan fingerprint density at radius 1 is 1.33 bits per heavy atom. The molecular weight excluding hydrogens is 306 g/mol. The monoisotopic (exact) mass is 329 g/mol. The zero-order valence-corrected chi connectivity index (χ0v) is 13.9. The Kier molecular flexibility index (Phi) is 6.12. The van der Waals surface area contributed by atoms with E-state index in [9.17, 15) is 14.4 Å². The quantitative estimate of drug-likeness (QED) is 0.781. The highest BCUT2D eigenvalue weighted by Gasteiger charge is 2.30. The first-order valence-electron chi connectivity index (χ1n) is 8.16. The van der Waals surface area contributed by atoms with Crippen LogP contribution in [0, 0.1) is 5.92 Å². The number of anilines is 1. The van der Waals surface area contributed by atoms with Crippen LogP contribution in [-0.4, -0.2) is 42.3 Å². The first-order chi connectivity index (χ1) is 11.6. The number of para-hydroxylation sites is 1. The average Bonchev–Trinajstić information content (AvgIpc) is 3.09. The summed E-state index contributed by atoms with van der Waals surface area (Å²) in [6, 6.07) is 6.92. The molecule has 1 saturated heterocycles. The van der Waals surface area contributed by atoms with E-state index in [0.717, 1.165) is 6.42 Å². The van der Waals surface area contributed by atoms with E-state index in [1.54, 1.807) is 29.2 Å². The number of likely N-dealkylation sites (tertiary alicyclic amines) is 1. The van der Waals surface area contributed by atoms with Crippen molar-refractivity contribution in [2.24, 2.45) is 5.92 Å². The second-order valence-corrected chi connectivity index (χ2v) is 5.76. The van der Waals surface area contributed by atoms with Crippen LogP contribution in [0.15, 0.2) is 36.9 Å². The van der Waals surface area contributed by atoms with Gasteiger partial charge in [0.2, 0.25) is 11.8 Å². The molecule has 3 amide bonds. The summed E-state index contributed by atoms with van der Waals surface area (Å²) < 4.78 is 0. The smallest absolute Gasteiger partial charge is 0.253 e. The van der Waals surface area contributed by atoms with Crippen molar-refractivity contribution in [1.82, 2.24) is 10.2 Å². The Balaban J connectivity index is 2.03. The molecule has 0 aliphatic carbocycles. The zero-order chi connectivity index (χ0) is 17.5. The SMILES string of the molecule is C=CC(=O)N1CCC(C(=O)Nc2ccccc2C(=O)NCCC)C1. The minimum absolute atomic E-state index is 0.162. The van der Waals surface area contributed by atoms with Crippen LogP contribution in [0.3, 0.4) is 0 Å². The Morgan fingerprint density at radius 2 is 2.08 bits per heavy atom. The molecule has 1 heterocycles. The number of carbonyl (C=O) groups excluding carboxylic acids is 3. The molecule has 0 radical (unpaired) electrons. The molecule has 0 saturated carbocycles. The first kappa shape index (κ1) is 17.7. The van der Waals surface area contributed by atoms with Crippen LogP contribution >= 0.6 is 0 Å². The second kappa shape index (κ2) is 8.29. The molecule has 0 bridgehead atoms. The molecule has 1 fully saturated rings. The maximum absolute atomic E-state index is 12.5. The number of amides is 3. The third-order valence-electron chi connectivity index (χ3n) is 4.01. The van der Waals surface area contributed by atoms with E-state index in [1.165, 1.54) is 6.08 Å². The Bertz CT molecular complexity index is 642. The molecule has 6 nitrogen and oxygen atoms in total. The predicted molar refractivity (Wildman–Crippen MR) is 92.6 cm³/mol. The minimum Gasteiger partial charge on any atom is -0.352 e. The van der Waals surface area contributed by atoms with Gasteiger partial charge in [0, 0.05) is 19.6 Å². The highest BCUT2D eigenvalue weighted by atomic mass is 16.2. The van der Waals surface area contributed by atoms with Gasteiger partial charge in [0.05, 0.1) is 17.2 Å². The number of carbonyl (C=O) groups is 3. The third-order valence-corrected chi connectivity index (χ3v) is 4.01. The van der Waals surface area contributed by atoms with E-state index in [4.69, 9.17) is 0 Å². The van der Waals surface area contributed by atoms with Crippen molar-refractivity contribution >= 4 is 23.4 Å². The number of nitrogens with one attached hydrogen (secondary N) is 2. The molecule has 6 heteroatoms. The van der Waals surface area contributed by atoms with E-state index in [0.29, 0.717) is 37.3 Å². The lowest BCUT2D eigenvalue weighted by Crippen LogP contribution is -2.31. The van der Waals surface area contributed by atoms with Gasteiger partial charge in [-0.2, -0.15) is 0 Å². The number of hydrogen-bond donors (Lipinski definition) is 2. The van der Waals surface area contributed by atoms with Crippen LogP contribution in [-0.2, 0) is 9.59 Å². The average molecular weight is 329 g/mol. The lowest BCUT2D eigenvalue weighted by molar-refractivity contribution is -0.125. The molecule has 24 heavy (non-hydrogen) atoms. The summed E-state index contributed by atoms with van der Waals surface area (Å²) in [5.74, 6) is -0.821. The molecule has 2 rings (SSSR count). The number of nitrogens with zero attached hydrogens (tertiary/aromatic N) is 1. The van der Waals surface area contributed by atoms with Gasteiger partial charge in [-0.15, -0.1) is 0 Å². The summed E-state index contributed by atoms with van der Waals surface area (Å²) in [6.45, 7) is 6.94. The number of rotatable bonds is 6. The van der Waals surface area contributed by atoms with Crippen LogP contribution in [0.1, 0.15) is 30.1 Å². The van der Waals surface area contributed by atoms with Gasteiger partial charge in [0.15, 0.2) is 0 Å². The van der Waals surface area contributed by atoms with Crippen LogP contribution in [0.2, 0.25) is 0 Å². The van der Waals surface area contributed by atoms with Crippen LogP contribution in [0.5, 0.6) is 0 Å². The molecule has 128 valence electrons. The van der Waals surface area contributed by atoms with Gasteiger partial charge in [-0.1, -0.05) is 25.6 Å². The molecule has 1 atom stereocenters. The van der Waals surface area contributed by atoms with Crippen LogP contribution < -0.4 is 10.6 Å². The summed E-state index contributed by atoms with van der Waals surface area (Å²) in [5.41, 5.74) is 0.931. The summed E-state index contributed by atoms with van der Waals surface area (Å²) in [7, 11) is 0. The van der Waals surface area contributed by atoms with Crippen molar-refractivity contribution in [3.05, 3.63) is 42.5 Å². The van der Waals surface area contributed by atoms with E-state index >= 15 is 0 Å². The van der Waals surface area contributed by atoms with Crippen molar-refractivity contribution in [3.63, 3.8) is 0 Å². The van der Waals surface area contributed by atoms with Crippen LogP contribution in [0.4, 0.5) is 5.69 Å². The molecule has 1 aliphatic rings.